The van der Waals surface area contributed by atoms with E-state index < -0.39 is 0 Å². The molecule has 0 radical (unpaired) electrons. The monoisotopic (exact) mass is 1060 g/mol. The zero-order valence-corrected chi connectivity index (χ0v) is 46.6. The second-order valence-electron chi connectivity index (χ2n) is 21.9. The summed E-state index contributed by atoms with van der Waals surface area (Å²) in [5.41, 5.74) is 29.7. The molecule has 0 unspecified atom stereocenters. The molecule has 0 fully saturated rings. The first kappa shape index (κ1) is 51.0. The number of hydrogen-bond donors (Lipinski definition) is 0. The third-order valence-electron chi connectivity index (χ3n) is 16.7. The smallest absolute Gasteiger partial charge is 0.247 e. The molecule has 0 saturated carbocycles. The lowest BCUT2D eigenvalue weighted by Crippen LogP contribution is -2.61. The van der Waals surface area contributed by atoms with Gasteiger partial charge in [0.25, 0.3) is 0 Å². The van der Waals surface area contributed by atoms with E-state index in [4.69, 9.17) is 0 Å². The molecule has 394 valence electrons. The zero-order chi connectivity index (χ0) is 55.5. The molecule has 12 aromatic rings. The van der Waals surface area contributed by atoms with Crippen LogP contribution in [0.1, 0.15) is 35.1 Å². The van der Waals surface area contributed by atoms with Gasteiger partial charge in [0, 0.05) is 33.9 Å². The van der Waals surface area contributed by atoms with Crippen molar-refractivity contribution in [2.75, 3.05) is 9.80 Å². The Kier molecular flexibility index (Phi) is 14.0. The lowest BCUT2D eigenvalue weighted by atomic mass is 9.32. The van der Waals surface area contributed by atoms with Crippen molar-refractivity contribution in [3.8, 4) is 55.6 Å². The summed E-state index contributed by atoms with van der Waals surface area (Å²) in [5, 5.41) is 0. The van der Waals surface area contributed by atoms with Crippen LogP contribution in [0.2, 0.25) is 0 Å². The maximum atomic E-state index is 2.59. The SMILES string of the molecule is C1=CC(c2ccc3c(c2)N(c2cccc(-c4ccccc4)c2)c2cc(N(c4ccccc4-c4ccccc4)c4ccccc4-c4ccccc4)cc4c2B3c2ccc(-c3ccccc3)cc2C4)=CCC1.Cc1cccc(-c2ccccc2)c1. The number of anilines is 6. The first-order valence-electron chi connectivity index (χ1n) is 29.1. The van der Waals surface area contributed by atoms with E-state index in [1.165, 1.54) is 111 Å². The molecule has 2 nitrogen and oxygen atoms in total. The van der Waals surface area contributed by atoms with Gasteiger partial charge in [-0.3, -0.25) is 0 Å². The van der Waals surface area contributed by atoms with Crippen LogP contribution in [-0.4, -0.2) is 6.71 Å². The van der Waals surface area contributed by atoms with Gasteiger partial charge < -0.3 is 9.80 Å². The number of nitrogens with zero attached hydrogens (tertiary/aromatic N) is 2. The summed E-state index contributed by atoms with van der Waals surface area (Å²) in [6, 6.07) is 109. The molecule has 0 bridgehead atoms. The molecular weight excluding hydrogens is 1000 g/mol. The molecule has 0 spiro atoms. The maximum absolute atomic E-state index is 2.59. The molecule has 2 heterocycles. The first-order chi connectivity index (χ1) is 41.1. The summed E-state index contributed by atoms with van der Waals surface area (Å²) in [6.07, 6.45) is 9.97. The van der Waals surface area contributed by atoms with Crippen molar-refractivity contribution in [2.45, 2.75) is 26.2 Å². The zero-order valence-electron chi connectivity index (χ0n) is 46.6. The quantitative estimate of drug-likeness (QED) is 0.126. The van der Waals surface area contributed by atoms with E-state index in [1.54, 1.807) is 0 Å². The van der Waals surface area contributed by atoms with Gasteiger partial charge in [-0.1, -0.05) is 284 Å². The van der Waals surface area contributed by atoms with Crippen molar-refractivity contribution in [3.05, 3.63) is 338 Å². The maximum Gasteiger partial charge on any atom is 0.247 e. The average Bonchev–Trinajstić information content (AvgIpc) is 2.55. The molecule has 0 N–H and O–H groups in total. The van der Waals surface area contributed by atoms with Crippen LogP contribution >= 0.6 is 0 Å². The Morgan fingerprint density at radius 1 is 0.361 bits per heavy atom. The number of hydrogen-bond acceptors (Lipinski definition) is 2. The second kappa shape index (κ2) is 22.7. The van der Waals surface area contributed by atoms with Crippen molar-refractivity contribution in [2.24, 2.45) is 0 Å². The normalized spacial score (nSPS) is 12.7. The molecule has 12 aromatic carbocycles. The Morgan fingerprint density at radius 3 is 1.45 bits per heavy atom. The Labute approximate surface area is 489 Å². The van der Waals surface area contributed by atoms with Gasteiger partial charge in [0.15, 0.2) is 0 Å². The van der Waals surface area contributed by atoms with E-state index in [0.717, 1.165) is 42.0 Å². The summed E-state index contributed by atoms with van der Waals surface area (Å²) in [7, 11) is 0. The van der Waals surface area contributed by atoms with Crippen LogP contribution in [0.15, 0.2) is 315 Å². The number of benzene rings is 12. The predicted octanol–water partition coefficient (Wildman–Crippen LogP) is 19.4. The fourth-order valence-corrected chi connectivity index (χ4v) is 12.8. The molecule has 0 atom stereocenters. The Morgan fingerprint density at radius 2 is 0.867 bits per heavy atom. The fourth-order valence-electron chi connectivity index (χ4n) is 12.8. The first-order valence-corrected chi connectivity index (χ1v) is 29.1. The number of para-hydroxylation sites is 2. The lowest BCUT2D eigenvalue weighted by molar-refractivity contribution is 1.04. The summed E-state index contributed by atoms with van der Waals surface area (Å²) in [5.74, 6) is 0. The van der Waals surface area contributed by atoms with E-state index in [2.05, 4.69) is 326 Å². The number of rotatable bonds is 10. The van der Waals surface area contributed by atoms with Crippen molar-refractivity contribution in [1.29, 1.82) is 0 Å². The standard InChI is InChI=1S/C67H49BN2.C13H12/c1-6-21-47(22-7-1)52-31-20-32-57(43-52)69-65-45-54(49-25-10-3-11-26-49)38-40-62(65)68-61-39-37-53(48-23-8-2-9-24-48)41-55(61)42-56-44-58(46-66(69)67(56)68)70(63-35-18-16-33-59(63)50-27-12-4-13-28-50)64-36-19-17-34-60(64)51-29-14-5-15-30-51;1-11-6-5-9-13(10-11)12-7-3-2-4-8-12/h1-2,4-10,12-41,43-46H,3,11,42H2;2-10H,1H3. The summed E-state index contributed by atoms with van der Waals surface area (Å²) >= 11 is 0. The fraction of sp³-hybridized carbons (Fsp3) is 0.0500. The van der Waals surface area contributed by atoms with E-state index in [9.17, 15) is 0 Å². The van der Waals surface area contributed by atoms with Crippen LogP contribution in [0.3, 0.4) is 0 Å². The van der Waals surface area contributed by atoms with Crippen molar-refractivity contribution < 1.29 is 0 Å². The van der Waals surface area contributed by atoms with E-state index in [-0.39, 0.29) is 6.71 Å². The van der Waals surface area contributed by atoms with Crippen molar-refractivity contribution >= 4 is 62.8 Å². The third-order valence-corrected chi connectivity index (χ3v) is 16.7. The lowest BCUT2D eigenvalue weighted by Gasteiger charge is -2.42. The molecule has 15 rings (SSSR count). The average molecular weight is 1060 g/mol. The topological polar surface area (TPSA) is 6.48 Å². The van der Waals surface area contributed by atoms with Gasteiger partial charge in [0.05, 0.1) is 11.4 Å². The Hall–Kier alpha value is -10.2. The summed E-state index contributed by atoms with van der Waals surface area (Å²) in [4.78, 5) is 5.12. The van der Waals surface area contributed by atoms with Gasteiger partial charge in [-0.15, -0.1) is 0 Å². The van der Waals surface area contributed by atoms with Gasteiger partial charge in [0.2, 0.25) is 6.71 Å². The second-order valence-corrected chi connectivity index (χ2v) is 21.9. The minimum atomic E-state index is 0.0303. The van der Waals surface area contributed by atoms with Gasteiger partial charge >= 0.3 is 0 Å². The Balaban J connectivity index is 0.000000416. The van der Waals surface area contributed by atoms with E-state index >= 15 is 0 Å². The third kappa shape index (κ3) is 10.1. The minimum Gasteiger partial charge on any atom is -0.311 e. The molecule has 0 amide bonds. The van der Waals surface area contributed by atoms with E-state index in [1.807, 2.05) is 6.07 Å². The van der Waals surface area contributed by atoms with Gasteiger partial charge in [-0.25, -0.2) is 0 Å². The number of aryl methyl sites for hydroxylation is 1. The number of allylic oxidation sites excluding steroid dienone is 4. The molecule has 83 heavy (non-hydrogen) atoms. The molecule has 0 saturated heterocycles. The van der Waals surface area contributed by atoms with Gasteiger partial charge in [-0.2, -0.15) is 0 Å². The van der Waals surface area contributed by atoms with Crippen LogP contribution in [0.25, 0.3) is 61.2 Å². The number of fused-ring (bicyclic) bond motifs is 4. The van der Waals surface area contributed by atoms with E-state index in [0.29, 0.717) is 0 Å². The van der Waals surface area contributed by atoms with Crippen LogP contribution in [0, 0.1) is 6.92 Å². The molecule has 3 aliphatic rings. The molecular formula is C80H61BN2. The molecule has 0 aromatic heterocycles. The van der Waals surface area contributed by atoms with Crippen LogP contribution in [0.4, 0.5) is 34.1 Å². The molecule has 2 aliphatic heterocycles. The van der Waals surface area contributed by atoms with Crippen LogP contribution in [0.5, 0.6) is 0 Å². The highest BCUT2D eigenvalue weighted by Gasteiger charge is 2.42. The predicted molar refractivity (Wildman–Crippen MR) is 354 cm³/mol. The van der Waals surface area contributed by atoms with Crippen molar-refractivity contribution in [3.63, 3.8) is 0 Å². The highest BCUT2D eigenvalue weighted by Crippen LogP contribution is 2.49. The van der Waals surface area contributed by atoms with Gasteiger partial charge in [0.1, 0.15) is 0 Å². The molecule has 3 heteroatoms. The minimum absolute atomic E-state index is 0.0303. The van der Waals surface area contributed by atoms with Gasteiger partial charge in [-0.05, 0) is 146 Å². The highest BCUT2D eigenvalue weighted by atomic mass is 15.2. The highest BCUT2D eigenvalue weighted by molar-refractivity contribution is 6.99. The Bertz CT molecular complexity index is 4280. The molecule has 1 aliphatic carbocycles. The summed E-state index contributed by atoms with van der Waals surface area (Å²) < 4.78 is 0. The summed E-state index contributed by atoms with van der Waals surface area (Å²) in [6.45, 7) is 2.15. The van der Waals surface area contributed by atoms with Crippen LogP contribution < -0.4 is 26.2 Å². The largest absolute Gasteiger partial charge is 0.311 e. The van der Waals surface area contributed by atoms with Crippen molar-refractivity contribution in [1.82, 2.24) is 0 Å². The van der Waals surface area contributed by atoms with Crippen LogP contribution in [-0.2, 0) is 6.42 Å².